The predicted molar refractivity (Wildman–Crippen MR) is 69.4 cm³/mol. The van der Waals surface area contributed by atoms with Gasteiger partial charge in [-0.15, -0.1) is 0 Å². The Balaban J connectivity index is 1.64. The molecule has 1 aliphatic rings. The first-order chi connectivity index (χ1) is 8.83. The Morgan fingerprint density at radius 1 is 1.28 bits per heavy atom. The standard InChI is InChI=1S/C13H18N4O/c18-11-3-1-10(2-4-11)9-15-13-12-5-6-16-17(12)8-7-14-13/h5-8,10-11,18H,1-4,9H2,(H,14,15). The molecule has 0 radical (unpaired) electrons. The van der Waals surface area contributed by atoms with Crippen LogP contribution in [0, 0.1) is 5.92 Å². The lowest BCUT2D eigenvalue weighted by atomic mass is 9.87. The topological polar surface area (TPSA) is 62.5 Å². The summed E-state index contributed by atoms with van der Waals surface area (Å²) >= 11 is 0. The highest BCUT2D eigenvalue weighted by atomic mass is 16.3. The van der Waals surface area contributed by atoms with Gasteiger partial charge in [0.25, 0.3) is 0 Å². The van der Waals surface area contributed by atoms with Crippen molar-refractivity contribution in [2.24, 2.45) is 5.92 Å². The molecule has 2 heterocycles. The van der Waals surface area contributed by atoms with Crippen LogP contribution in [0.4, 0.5) is 5.82 Å². The number of fused-ring (bicyclic) bond motifs is 1. The first-order valence-electron chi connectivity index (χ1n) is 6.53. The predicted octanol–water partition coefficient (Wildman–Crippen LogP) is 1.69. The molecule has 0 unspecified atom stereocenters. The molecule has 96 valence electrons. The summed E-state index contributed by atoms with van der Waals surface area (Å²) in [5.74, 6) is 1.53. The molecule has 2 N–H and O–H groups in total. The quantitative estimate of drug-likeness (QED) is 0.865. The van der Waals surface area contributed by atoms with E-state index in [2.05, 4.69) is 15.4 Å². The van der Waals surface area contributed by atoms with E-state index in [1.807, 2.05) is 16.8 Å². The Bertz CT molecular complexity index is 516. The van der Waals surface area contributed by atoms with Crippen LogP contribution in [0.15, 0.2) is 24.7 Å². The molecule has 0 bridgehead atoms. The van der Waals surface area contributed by atoms with E-state index in [9.17, 15) is 5.11 Å². The summed E-state index contributed by atoms with van der Waals surface area (Å²) in [6.45, 7) is 0.921. The van der Waals surface area contributed by atoms with E-state index in [1.54, 1.807) is 12.4 Å². The summed E-state index contributed by atoms with van der Waals surface area (Å²) in [6, 6.07) is 1.96. The van der Waals surface area contributed by atoms with Crippen molar-refractivity contribution in [1.29, 1.82) is 0 Å². The fourth-order valence-corrected chi connectivity index (χ4v) is 2.58. The molecule has 1 saturated carbocycles. The normalized spacial score (nSPS) is 24.3. The number of rotatable bonds is 3. The number of nitrogens with zero attached hydrogens (tertiary/aromatic N) is 3. The van der Waals surface area contributed by atoms with Crippen LogP contribution < -0.4 is 5.32 Å². The Hall–Kier alpha value is -1.62. The summed E-state index contributed by atoms with van der Waals surface area (Å²) in [5, 5.41) is 17.1. The summed E-state index contributed by atoms with van der Waals surface area (Å²) in [6.07, 6.45) is 9.34. The summed E-state index contributed by atoms with van der Waals surface area (Å²) in [7, 11) is 0. The molecule has 2 aromatic rings. The van der Waals surface area contributed by atoms with Crippen molar-refractivity contribution in [2.45, 2.75) is 31.8 Å². The number of hydrogen-bond donors (Lipinski definition) is 2. The van der Waals surface area contributed by atoms with Gasteiger partial charge in [-0.05, 0) is 37.7 Å². The van der Waals surface area contributed by atoms with Crippen LogP contribution >= 0.6 is 0 Å². The summed E-state index contributed by atoms with van der Waals surface area (Å²) < 4.78 is 1.82. The van der Waals surface area contributed by atoms with Gasteiger partial charge < -0.3 is 10.4 Å². The minimum Gasteiger partial charge on any atom is -0.393 e. The van der Waals surface area contributed by atoms with Crippen molar-refractivity contribution >= 4 is 11.3 Å². The van der Waals surface area contributed by atoms with E-state index in [0.29, 0.717) is 5.92 Å². The molecule has 5 heteroatoms. The molecule has 0 atom stereocenters. The zero-order valence-corrected chi connectivity index (χ0v) is 10.3. The third-order valence-electron chi connectivity index (χ3n) is 3.70. The maximum absolute atomic E-state index is 9.48. The molecule has 0 aromatic carbocycles. The van der Waals surface area contributed by atoms with Crippen molar-refractivity contribution in [3.8, 4) is 0 Å². The molecular formula is C13H18N4O. The molecule has 3 rings (SSSR count). The maximum Gasteiger partial charge on any atom is 0.152 e. The molecule has 0 saturated heterocycles. The molecular weight excluding hydrogens is 228 g/mol. The highest BCUT2D eigenvalue weighted by Gasteiger charge is 2.19. The fraction of sp³-hybridized carbons (Fsp3) is 0.538. The number of anilines is 1. The minimum absolute atomic E-state index is 0.0855. The van der Waals surface area contributed by atoms with E-state index >= 15 is 0 Å². The number of nitrogens with one attached hydrogen (secondary N) is 1. The Kier molecular flexibility index (Phi) is 3.15. The monoisotopic (exact) mass is 246 g/mol. The SMILES string of the molecule is OC1CCC(CNc2nccn3nccc23)CC1. The molecule has 18 heavy (non-hydrogen) atoms. The average Bonchev–Trinajstić information content (AvgIpc) is 2.87. The second-order valence-electron chi connectivity index (χ2n) is 4.99. The largest absolute Gasteiger partial charge is 0.393 e. The van der Waals surface area contributed by atoms with Crippen LogP contribution in [0.5, 0.6) is 0 Å². The third kappa shape index (κ3) is 2.31. The molecule has 5 nitrogen and oxygen atoms in total. The smallest absolute Gasteiger partial charge is 0.152 e. The zero-order chi connectivity index (χ0) is 12.4. The lowest BCUT2D eigenvalue weighted by molar-refractivity contribution is 0.111. The molecule has 0 aliphatic heterocycles. The Labute approximate surface area is 106 Å². The van der Waals surface area contributed by atoms with Gasteiger partial charge in [-0.2, -0.15) is 5.10 Å². The van der Waals surface area contributed by atoms with Crippen LogP contribution in [0.25, 0.3) is 5.52 Å². The minimum atomic E-state index is -0.0855. The van der Waals surface area contributed by atoms with Gasteiger partial charge in [0, 0.05) is 18.9 Å². The molecule has 0 spiro atoms. The maximum atomic E-state index is 9.48. The van der Waals surface area contributed by atoms with Gasteiger partial charge in [0.05, 0.1) is 12.3 Å². The fourth-order valence-electron chi connectivity index (χ4n) is 2.58. The third-order valence-corrected chi connectivity index (χ3v) is 3.70. The molecule has 1 aliphatic carbocycles. The van der Waals surface area contributed by atoms with Crippen LogP contribution in [-0.4, -0.2) is 32.4 Å². The van der Waals surface area contributed by atoms with Gasteiger partial charge in [0.15, 0.2) is 5.82 Å². The van der Waals surface area contributed by atoms with E-state index in [-0.39, 0.29) is 6.10 Å². The number of hydrogen-bond acceptors (Lipinski definition) is 4. The van der Waals surface area contributed by atoms with E-state index in [1.165, 1.54) is 0 Å². The van der Waals surface area contributed by atoms with Crippen molar-refractivity contribution in [2.75, 3.05) is 11.9 Å². The first kappa shape index (κ1) is 11.5. The van der Waals surface area contributed by atoms with E-state index < -0.39 is 0 Å². The zero-order valence-electron chi connectivity index (χ0n) is 10.3. The van der Waals surface area contributed by atoms with Crippen molar-refractivity contribution in [3.63, 3.8) is 0 Å². The lowest BCUT2D eigenvalue weighted by Gasteiger charge is -2.25. The number of aromatic nitrogens is 3. The van der Waals surface area contributed by atoms with Gasteiger partial charge in [-0.1, -0.05) is 0 Å². The van der Waals surface area contributed by atoms with Gasteiger partial charge >= 0.3 is 0 Å². The molecule has 0 amide bonds. The highest BCUT2D eigenvalue weighted by molar-refractivity contribution is 5.66. The van der Waals surface area contributed by atoms with Gasteiger partial charge in [0.2, 0.25) is 0 Å². The van der Waals surface area contributed by atoms with Crippen LogP contribution in [-0.2, 0) is 0 Å². The van der Waals surface area contributed by atoms with Gasteiger partial charge in [0.1, 0.15) is 5.52 Å². The summed E-state index contributed by atoms with van der Waals surface area (Å²) in [5.41, 5.74) is 1.01. The summed E-state index contributed by atoms with van der Waals surface area (Å²) in [4.78, 5) is 4.36. The van der Waals surface area contributed by atoms with Gasteiger partial charge in [-0.3, -0.25) is 0 Å². The first-order valence-corrected chi connectivity index (χ1v) is 6.53. The molecule has 1 fully saturated rings. The van der Waals surface area contributed by atoms with Crippen LogP contribution in [0.1, 0.15) is 25.7 Å². The number of aliphatic hydroxyl groups is 1. The lowest BCUT2D eigenvalue weighted by Crippen LogP contribution is -2.23. The number of aliphatic hydroxyl groups excluding tert-OH is 1. The Morgan fingerprint density at radius 3 is 2.94 bits per heavy atom. The highest BCUT2D eigenvalue weighted by Crippen LogP contribution is 2.24. The van der Waals surface area contributed by atoms with E-state index in [4.69, 9.17) is 0 Å². The van der Waals surface area contributed by atoms with Crippen molar-refractivity contribution in [1.82, 2.24) is 14.6 Å². The van der Waals surface area contributed by atoms with Crippen molar-refractivity contribution < 1.29 is 5.11 Å². The average molecular weight is 246 g/mol. The molecule has 2 aromatic heterocycles. The van der Waals surface area contributed by atoms with Crippen molar-refractivity contribution in [3.05, 3.63) is 24.7 Å². The van der Waals surface area contributed by atoms with Gasteiger partial charge in [-0.25, -0.2) is 9.50 Å². The van der Waals surface area contributed by atoms with E-state index in [0.717, 1.165) is 43.6 Å². The van der Waals surface area contributed by atoms with Crippen LogP contribution in [0.3, 0.4) is 0 Å². The van der Waals surface area contributed by atoms with Crippen LogP contribution in [0.2, 0.25) is 0 Å². The second kappa shape index (κ2) is 4.94. The Morgan fingerprint density at radius 2 is 2.11 bits per heavy atom. The second-order valence-corrected chi connectivity index (χ2v) is 4.99.